The van der Waals surface area contributed by atoms with Crippen molar-refractivity contribution in [1.29, 1.82) is 0 Å². The molecular formula is C19H33FIN5. The van der Waals surface area contributed by atoms with Gasteiger partial charge in [-0.15, -0.1) is 24.0 Å². The molecule has 1 aliphatic rings. The fourth-order valence-electron chi connectivity index (χ4n) is 3.04. The van der Waals surface area contributed by atoms with Crippen molar-refractivity contribution in [3.63, 3.8) is 0 Å². The van der Waals surface area contributed by atoms with E-state index in [1.807, 2.05) is 13.0 Å². The Kier molecular flexibility index (Phi) is 11.1. The summed E-state index contributed by atoms with van der Waals surface area (Å²) in [6, 6.07) is 7.06. The summed E-state index contributed by atoms with van der Waals surface area (Å²) in [6.07, 6.45) is 0. The molecule has 0 bridgehead atoms. The molecule has 0 saturated carbocycles. The van der Waals surface area contributed by atoms with Gasteiger partial charge in [0.1, 0.15) is 5.82 Å². The molecule has 0 aromatic heterocycles. The van der Waals surface area contributed by atoms with Gasteiger partial charge < -0.3 is 15.5 Å². The Labute approximate surface area is 174 Å². The van der Waals surface area contributed by atoms with Crippen LogP contribution in [0.25, 0.3) is 0 Å². The number of nitrogens with one attached hydrogen (secondary N) is 2. The zero-order valence-electron chi connectivity index (χ0n) is 16.2. The van der Waals surface area contributed by atoms with Gasteiger partial charge in [-0.3, -0.25) is 4.90 Å². The Hall–Kier alpha value is -0.930. The third-order valence-corrected chi connectivity index (χ3v) is 4.70. The lowest BCUT2D eigenvalue weighted by atomic mass is 10.2. The highest BCUT2D eigenvalue weighted by Gasteiger charge is 2.20. The van der Waals surface area contributed by atoms with Gasteiger partial charge >= 0.3 is 0 Å². The normalized spacial score (nSPS) is 17.5. The van der Waals surface area contributed by atoms with Crippen molar-refractivity contribution in [2.75, 3.05) is 45.8 Å². The van der Waals surface area contributed by atoms with Gasteiger partial charge in [-0.25, -0.2) is 9.38 Å². The molecule has 2 N–H and O–H groups in total. The van der Waals surface area contributed by atoms with E-state index in [9.17, 15) is 4.39 Å². The molecular weight excluding hydrogens is 444 g/mol. The highest BCUT2D eigenvalue weighted by Crippen LogP contribution is 2.06. The first-order valence-electron chi connectivity index (χ1n) is 9.35. The first-order chi connectivity index (χ1) is 12.1. The van der Waals surface area contributed by atoms with Gasteiger partial charge in [-0.05, 0) is 38.1 Å². The highest BCUT2D eigenvalue weighted by molar-refractivity contribution is 14.0. The summed E-state index contributed by atoms with van der Waals surface area (Å²) in [5, 5.41) is 6.68. The van der Waals surface area contributed by atoms with E-state index >= 15 is 0 Å². The van der Waals surface area contributed by atoms with Crippen molar-refractivity contribution in [2.24, 2.45) is 4.99 Å². The van der Waals surface area contributed by atoms with Crippen LogP contribution in [0.2, 0.25) is 0 Å². The van der Waals surface area contributed by atoms with Crippen LogP contribution in [0.3, 0.4) is 0 Å². The molecule has 0 spiro atoms. The third-order valence-electron chi connectivity index (χ3n) is 4.70. The number of halogens is 2. The zero-order chi connectivity index (χ0) is 18.1. The average Bonchev–Trinajstić information content (AvgIpc) is 2.64. The predicted octanol–water partition coefficient (Wildman–Crippen LogP) is 2.52. The number of likely N-dealkylation sites (N-methyl/N-ethyl adjacent to an activating group) is 1. The predicted molar refractivity (Wildman–Crippen MR) is 118 cm³/mol. The molecule has 1 heterocycles. The summed E-state index contributed by atoms with van der Waals surface area (Å²) in [6.45, 7) is 14.3. The maximum Gasteiger partial charge on any atom is 0.191 e. The molecule has 1 aliphatic heterocycles. The smallest absolute Gasteiger partial charge is 0.191 e. The van der Waals surface area contributed by atoms with E-state index in [2.05, 4.69) is 39.3 Å². The number of guanidine groups is 1. The van der Waals surface area contributed by atoms with Crippen LogP contribution >= 0.6 is 24.0 Å². The zero-order valence-corrected chi connectivity index (χ0v) is 18.5. The molecule has 1 fully saturated rings. The lowest BCUT2D eigenvalue weighted by Gasteiger charge is -2.37. The quantitative estimate of drug-likeness (QED) is 0.360. The molecule has 7 heteroatoms. The minimum atomic E-state index is -0.217. The highest BCUT2D eigenvalue weighted by atomic mass is 127. The standard InChI is InChI=1S/C19H32FN5.HI/c1-4-21-19(23-15-17-7-6-8-18(20)13-17)22-14-16(3)25-11-9-24(5-2)10-12-25;/h6-8,13,16H,4-5,9-12,14-15H2,1-3H3,(H2,21,22,23);1H. The van der Waals surface area contributed by atoms with Crippen molar-refractivity contribution in [2.45, 2.75) is 33.4 Å². The molecule has 1 saturated heterocycles. The van der Waals surface area contributed by atoms with Crippen LogP contribution in [0, 0.1) is 5.82 Å². The third kappa shape index (κ3) is 7.75. The summed E-state index contributed by atoms with van der Waals surface area (Å²) in [5.74, 6) is 0.566. The topological polar surface area (TPSA) is 42.9 Å². The van der Waals surface area contributed by atoms with E-state index < -0.39 is 0 Å². The second kappa shape index (κ2) is 12.5. The first-order valence-corrected chi connectivity index (χ1v) is 9.35. The Morgan fingerprint density at radius 3 is 2.54 bits per heavy atom. The number of rotatable bonds is 7. The summed E-state index contributed by atoms with van der Waals surface area (Å²) in [5.41, 5.74) is 0.876. The second-order valence-corrected chi connectivity index (χ2v) is 6.53. The van der Waals surface area contributed by atoms with Gasteiger partial charge in [-0.2, -0.15) is 0 Å². The fourth-order valence-corrected chi connectivity index (χ4v) is 3.04. The van der Waals surface area contributed by atoms with Crippen LogP contribution in [-0.4, -0.2) is 67.6 Å². The van der Waals surface area contributed by atoms with E-state index in [0.717, 1.165) is 57.3 Å². The van der Waals surface area contributed by atoms with E-state index in [0.29, 0.717) is 12.6 Å². The van der Waals surface area contributed by atoms with Gasteiger partial charge in [0.25, 0.3) is 0 Å². The summed E-state index contributed by atoms with van der Waals surface area (Å²) in [7, 11) is 0. The van der Waals surface area contributed by atoms with Gasteiger partial charge in [0.2, 0.25) is 0 Å². The first kappa shape index (κ1) is 23.1. The van der Waals surface area contributed by atoms with E-state index in [1.165, 1.54) is 12.1 Å². The van der Waals surface area contributed by atoms with Crippen molar-refractivity contribution in [1.82, 2.24) is 20.4 Å². The number of nitrogens with zero attached hydrogens (tertiary/aromatic N) is 3. The molecule has 2 rings (SSSR count). The van der Waals surface area contributed by atoms with Gasteiger partial charge in [-0.1, -0.05) is 19.1 Å². The van der Waals surface area contributed by atoms with Crippen LogP contribution in [0.1, 0.15) is 26.3 Å². The number of benzene rings is 1. The molecule has 1 unspecified atom stereocenters. The van der Waals surface area contributed by atoms with E-state index in [4.69, 9.17) is 0 Å². The van der Waals surface area contributed by atoms with Gasteiger partial charge in [0.15, 0.2) is 5.96 Å². The molecule has 26 heavy (non-hydrogen) atoms. The molecule has 1 aromatic carbocycles. The van der Waals surface area contributed by atoms with E-state index in [-0.39, 0.29) is 29.8 Å². The van der Waals surface area contributed by atoms with Crippen LogP contribution in [0.15, 0.2) is 29.3 Å². The minimum Gasteiger partial charge on any atom is -0.357 e. The monoisotopic (exact) mass is 477 g/mol. The maximum atomic E-state index is 13.3. The molecule has 0 aliphatic carbocycles. The number of hydrogen-bond acceptors (Lipinski definition) is 3. The van der Waals surface area contributed by atoms with Gasteiger partial charge in [0.05, 0.1) is 6.54 Å². The van der Waals surface area contributed by atoms with Crippen molar-refractivity contribution >= 4 is 29.9 Å². The summed E-state index contributed by atoms with van der Waals surface area (Å²) >= 11 is 0. The Morgan fingerprint density at radius 1 is 1.19 bits per heavy atom. The average molecular weight is 477 g/mol. The molecule has 0 radical (unpaired) electrons. The van der Waals surface area contributed by atoms with E-state index in [1.54, 1.807) is 6.07 Å². The van der Waals surface area contributed by atoms with Gasteiger partial charge in [0, 0.05) is 45.3 Å². The minimum absolute atomic E-state index is 0. The Bertz CT molecular complexity index is 546. The van der Waals surface area contributed by atoms with Crippen molar-refractivity contribution < 1.29 is 4.39 Å². The molecule has 1 aromatic rings. The second-order valence-electron chi connectivity index (χ2n) is 6.53. The largest absolute Gasteiger partial charge is 0.357 e. The van der Waals surface area contributed by atoms with Crippen LogP contribution in [-0.2, 0) is 6.54 Å². The summed E-state index contributed by atoms with van der Waals surface area (Å²) in [4.78, 5) is 9.58. The van der Waals surface area contributed by atoms with Crippen LogP contribution in [0.4, 0.5) is 4.39 Å². The van der Waals surface area contributed by atoms with Crippen molar-refractivity contribution in [3.8, 4) is 0 Å². The Morgan fingerprint density at radius 2 is 1.92 bits per heavy atom. The lowest BCUT2D eigenvalue weighted by Crippen LogP contribution is -2.53. The molecule has 0 amide bonds. The SMILES string of the molecule is CCNC(=NCc1cccc(F)c1)NCC(C)N1CCN(CC)CC1.I. The number of hydrogen-bond donors (Lipinski definition) is 2. The number of piperazine rings is 1. The Balaban J connectivity index is 0.00000338. The fraction of sp³-hybridized carbons (Fsp3) is 0.632. The van der Waals surface area contributed by atoms with Crippen LogP contribution in [0.5, 0.6) is 0 Å². The van der Waals surface area contributed by atoms with Crippen molar-refractivity contribution in [3.05, 3.63) is 35.6 Å². The molecule has 148 valence electrons. The molecule has 1 atom stereocenters. The van der Waals surface area contributed by atoms with Crippen LogP contribution < -0.4 is 10.6 Å². The summed E-state index contributed by atoms with van der Waals surface area (Å²) < 4.78 is 13.3. The number of aliphatic imine (C=N–C) groups is 1. The maximum absolute atomic E-state index is 13.3. The lowest BCUT2D eigenvalue weighted by molar-refractivity contribution is 0.107. The molecule has 5 nitrogen and oxygen atoms in total.